The first-order chi connectivity index (χ1) is 7.93. The van der Waals surface area contributed by atoms with Gasteiger partial charge in [0.15, 0.2) is 0 Å². The summed E-state index contributed by atoms with van der Waals surface area (Å²) in [5, 5.41) is 0. The zero-order chi connectivity index (χ0) is 10.3. The van der Waals surface area contributed by atoms with Gasteiger partial charge in [-0.2, -0.15) is 0 Å². The van der Waals surface area contributed by atoms with E-state index >= 15 is 0 Å². The molecule has 0 saturated heterocycles. The number of fused-ring (bicyclic) bond motifs is 11. The van der Waals surface area contributed by atoms with Gasteiger partial charge < -0.3 is 0 Å². The summed E-state index contributed by atoms with van der Waals surface area (Å²) < 4.78 is 0. The lowest BCUT2D eigenvalue weighted by Gasteiger charge is -2.26. The van der Waals surface area contributed by atoms with E-state index in [4.69, 9.17) is 0 Å². The van der Waals surface area contributed by atoms with Gasteiger partial charge in [0.1, 0.15) is 0 Å². The number of hydrogen-bond donors (Lipinski definition) is 0. The first-order valence-electron chi connectivity index (χ1n) is 6.76. The van der Waals surface area contributed by atoms with Crippen LogP contribution in [0.5, 0.6) is 0 Å². The Balaban J connectivity index is 1.76. The zero-order valence-electron chi connectivity index (χ0n) is 9.45. The van der Waals surface area contributed by atoms with Gasteiger partial charge in [0, 0.05) is 11.8 Å². The molecule has 0 radical (unpaired) electrons. The van der Waals surface area contributed by atoms with Gasteiger partial charge in [-0.3, -0.25) is 0 Å². The standard InChI is InChI=1S/C16H16/c1-2-4-12-11(3-1)13-8-14(12)16-10-6-5-9(7-10)15(13)16/h1-4,9-10,13-14H,5-8H2/t9-,10-,13+,14+/m0/s1. The van der Waals surface area contributed by atoms with Crippen LogP contribution < -0.4 is 0 Å². The van der Waals surface area contributed by atoms with Crippen molar-refractivity contribution in [3.63, 3.8) is 0 Å². The Kier molecular flexibility index (Phi) is 1.24. The maximum absolute atomic E-state index is 2.38. The lowest BCUT2D eigenvalue weighted by Crippen LogP contribution is -2.10. The van der Waals surface area contributed by atoms with Gasteiger partial charge in [0.05, 0.1) is 0 Å². The van der Waals surface area contributed by atoms with Crippen molar-refractivity contribution in [3.05, 3.63) is 46.5 Å². The van der Waals surface area contributed by atoms with E-state index in [1.165, 1.54) is 25.7 Å². The third-order valence-corrected chi connectivity index (χ3v) is 5.61. The monoisotopic (exact) mass is 208 g/mol. The molecule has 80 valence electrons. The molecule has 0 nitrogen and oxygen atoms in total. The van der Waals surface area contributed by atoms with Crippen LogP contribution in [0.4, 0.5) is 0 Å². The molecule has 16 heavy (non-hydrogen) atoms. The minimum atomic E-state index is 0.839. The fourth-order valence-electron chi connectivity index (χ4n) is 5.21. The fraction of sp³-hybridized carbons (Fsp3) is 0.500. The molecule has 0 aliphatic heterocycles. The van der Waals surface area contributed by atoms with Crippen molar-refractivity contribution in [2.24, 2.45) is 11.8 Å². The molecule has 0 heterocycles. The quantitative estimate of drug-likeness (QED) is 0.446. The lowest BCUT2D eigenvalue weighted by atomic mass is 9.79. The van der Waals surface area contributed by atoms with E-state index in [0.717, 1.165) is 23.7 Å². The summed E-state index contributed by atoms with van der Waals surface area (Å²) in [6, 6.07) is 9.23. The van der Waals surface area contributed by atoms with Crippen molar-refractivity contribution in [2.75, 3.05) is 0 Å². The Morgan fingerprint density at radius 1 is 0.750 bits per heavy atom. The van der Waals surface area contributed by atoms with Crippen LogP contribution in [-0.2, 0) is 0 Å². The highest BCUT2D eigenvalue weighted by atomic mass is 14.6. The van der Waals surface area contributed by atoms with E-state index < -0.39 is 0 Å². The summed E-state index contributed by atoms with van der Waals surface area (Å²) in [5.41, 5.74) is 7.19. The molecule has 4 aliphatic carbocycles. The van der Waals surface area contributed by atoms with Gasteiger partial charge in [-0.15, -0.1) is 0 Å². The van der Waals surface area contributed by atoms with Gasteiger partial charge >= 0.3 is 0 Å². The van der Waals surface area contributed by atoms with E-state index in [-0.39, 0.29) is 0 Å². The van der Waals surface area contributed by atoms with Crippen LogP contribution in [0.1, 0.15) is 48.6 Å². The van der Waals surface area contributed by atoms with E-state index in [0.29, 0.717) is 0 Å². The van der Waals surface area contributed by atoms with Gasteiger partial charge in [-0.25, -0.2) is 0 Å². The summed E-state index contributed by atoms with van der Waals surface area (Å²) in [4.78, 5) is 0. The molecule has 4 bridgehead atoms. The van der Waals surface area contributed by atoms with Gasteiger partial charge in [-0.05, 0) is 48.6 Å². The van der Waals surface area contributed by atoms with Crippen molar-refractivity contribution in [3.8, 4) is 0 Å². The van der Waals surface area contributed by atoms with E-state index in [1.54, 1.807) is 11.1 Å². The van der Waals surface area contributed by atoms with Crippen LogP contribution in [0.3, 0.4) is 0 Å². The second kappa shape index (κ2) is 2.45. The third-order valence-electron chi connectivity index (χ3n) is 5.61. The predicted octanol–water partition coefficient (Wildman–Crippen LogP) is 4.00. The summed E-state index contributed by atoms with van der Waals surface area (Å²) in [7, 11) is 0. The highest BCUT2D eigenvalue weighted by Gasteiger charge is 2.53. The Bertz CT molecular complexity index is 478. The highest BCUT2D eigenvalue weighted by molar-refractivity contribution is 5.58. The highest BCUT2D eigenvalue weighted by Crippen LogP contribution is 2.67. The van der Waals surface area contributed by atoms with Crippen molar-refractivity contribution in [2.45, 2.75) is 37.5 Å². The molecule has 1 aromatic carbocycles. The zero-order valence-corrected chi connectivity index (χ0v) is 9.45. The number of hydrogen-bond acceptors (Lipinski definition) is 0. The van der Waals surface area contributed by atoms with Crippen LogP contribution in [0.15, 0.2) is 35.4 Å². The Labute approximate surface area is 96.4 Å². The van der Waals surface area contributed by atoms with Crippen LogP contribution in [0.25, 0.3) is 0 Å². The molecule has 0 aromatic heterocycles. The van der Waals surface area contributed by atoms with Crippen LogP contribution in [0, 0.1) is 11.8 Å². The Hall–Kier alpha value is -1.04. The SMILES string of the molecule is c1ccc2c(c1)[C@H]1C[C@H]2C2=C1[C@H]1CC[C@H]2C1. The first-order valence-corrected chi connectivity index (χ1v) is 6.76. The molecule has 1 fully saturated rings. The molecule has 0 spiro atoms. The largest absolute Gasteiger partial charge is 0.0620 e. The molecule has 1 saturated carbocycles. The summed E-state index contributed by atoms with van der Waals surface area (Å²) in [6.07, 6.45) is 5.92. The smallest absolute Gasteiger partial charge is 0.00658 e. The maximum Gasteiger partial charge on any atom is 0.00658 e. The summed E-state index contributed by atoms with van der Waals surface area (Å²) in [6.45, 7) is 0. The average Bonchev–Trinajstić information content (AvgIpc) is 3.07. The average molecular weight is 208 g/mol. The topological polar surface area (TPSA) is 0 Å². The maximum atomic E-state index is 2.38. The number of allylic oxidation sites excluding steroid dienone is 2. The first kappa shape index (κ1) is 8.11. The second-order valence-corrected chi connectivity index (χ2v) is 6.09. The molecule has 0 unspecified atom stereocenters. The van der Waals surface area contributed by atoms with Crippen LogP contribution in [-0.4, -0.2) is 0 Å². The molecular weight excluding hydrogens is 192 g/mol. The third kappa shape index (κ3) is 0.714. The van der Waals surface area contributed by atoms with Crippen LogP contribution in [0.2, 0.25) is 0 Å². The number of rotatable bonds is 0. The van der Waals surface area contributed by atoms with E-state index in [9.17, 15) is 0 Å². The Morgan fingerprint density at radius 2 is 1.31 bits per heavy atom. The molecule has 5 rings (SSSR count). The predicted molar refractivity (Wildman–Crippen MR) is 64.4 cm³/mol. The molecule has 4 aliphatic rings. The summed E-state index contributed by atoms with van der Waals surface area (Å²) >= 11 is 0. The second-order valence-electron chi connectivity index (χ2n) is 6.09. The lowest BCUT2D eigenvalue weighted by molar-refractivity contribution is 0.584. The molecule has 1 aromatic rings. The van der Waals surface area contributed by atoms with Gasteiger partial charge in [-0.1, -0.05) is 35.4 Å². The molecule has 0 heteroatoms. The number of benzene rings is 1. The molecule has 0 N–H and O–H groups in total. The Morgan fingerprint density at radius 3 is 1.88 bits per heavy atom. The van der Waals surface area contributed by atoms with E-state index in [2.05, 4.69) is 24.3 Å². The van der Waals surface area contributed by atoms with Gasteiger partial charge in [0.2, 0.25) is 0 Å². The summed E-state index contributed by atoms with van der Waals surface area (Å²) in [5.74, 6) is 3.66. The van der Waals surface area contributed by atoms with Crippen molar-refractivity contribution >= 4 is 0 Å². The minimum absolute atomic E-state index is 0.839. The molecular formula is C16H16. The van der Waals surface area contributed by atoms with Crippen molar-refractivity contribution in [1.82, 2.24) is 0 Å². The van der Waals surface area contributed by atoms with Crippen molar-refractivity contribution < 1.29 is 0 Å². The minimum Gasteiger partial charge on any atom is -0.0620 e. The van der Waals surface area contributed by atoms with Crippen LogP contribution >= 0.6 is 0 Å². The molecule has 4 atom stereocenters. The fourth-order valence-corrected chi connectivity index (χ4v) is 5.21. The van der Waals surface area contributed by atoms with E-state index in [1.807, 2.05) is 11.1 Å². The van der Waals surface area contributed by atoms with Crippen molar-refractivity contribution in [1.29, 1.82) is 0 Å². The normalized spacial score (nSPS) is 41.8. The molecule has 0 amide bonds. The van der Waals surface area contributed by atoms with Gasteiger partial charge in [0.25, 0.3) is 0 Å².